The fraction of sp³-hybridized carbons (Fsp3) is 0.400. The van der Waals surface area contributed by atoms with Crippen molar-refractivity contribution in [1.82, 2.24) is 19.5 Å². The molecule has 1 aromatic heterocycles. The number of hydrogen-bond acceptors (Lipinski definition) is 5. The number of alkyl halides is 2. The number of benzene rings is 1. The normalized spacial score (nSPS) is 22.7. The van der Waals surface area contributed by atoms with Crippen LogP contribution in [-0.2, 0) is 23.0 Å². The van der Waals surface area contributed by atoms with Gasteiger partial charge in [-0.3, -0.25) is 0 Å². The van der Waals surface area contributed by atoms with Gasteiger partial charge < -0.3 is 14.5 Å². The largest absolute Gasteiger partial charge is 0.434 e. The van der Waals surface area contributed by atoms with E-state index in [0.717, 1.165) is 16.1 Å². The number of halogens is 4. The van der Waals surface area contributed by atoms with Crippen molar-refractivity contribution in [2.24, 2.45) is 0 Å². The lowest BCUT2D eigenvalue weighted by Gasteiger charge is -2.31. The fourth-order valence-electron chi connectivity index (χ4n) is 4.01. The molecule has 0 spiro atoms. The number of sulfonamides is 1. The number of pyridine rings is 1. The van der Waals surface area contributed by atoms with Crippen LogP contribution in [0.15, 0.2) is 30.3 Å². The Hall–Kier alpha value is -2.57. The summed E-state index contributed by atoms with van der Waals surface area (Å²) in [4.78, 5) is 19.4. The van der Waals surface area contributed by atoms with E-state index in [1.807, 2.05) is 4.72 Å². The second kappa shape index (κ2) is 8.33. The van der Waals surface area contributed by atoms with Crippen molar-refractivity contribution in [1.29, 1.82) is 0 Å². The van der Waals surface area contributed by atoms with Crippen LogP contribution in [0.5, 0.6) is 11.6 Å². The van der Waals surface area contributed by atoms with E-state index in [4.69, 9.17) is 16.3 Å². The number of amides is 2. The Morgan fingerprint density at radius 3 is 2.70 bits per heavy atom. The summed E-state index contributed by atoms with van der Waals surface area (Å²) in [5.41, 5.74) is 0.289. The minimum Gasteiger partial charge on any atom is -0.434 e. The molecular weight excluding hydrogens is 485 g/mol. The molecule has 8 nitrogen and oxygen atoms in total. The predicted molar refractivity (Wildman–Crippen MR) is 113 cm³/mol. The van der Waals surface area contributed by atoms with Gasteiger partial charge in [-0.2, -0.15) is 0 Å². The maximum Gasteiger partial charge on any atom is 0.320 e. The highest BCUT2D eigenvalue weighted by Crippen LogP contribution is 2.37. The highest BCUT2D eigenvalue weighted by Gasteiger charge is 2.57. The molecule has 1 aromatic carbocycles. The number of urea groups is 1. The van der Waals surface area contributed by atoms with Crippen LogP contribution in [0.4, 0.5) is 18.0 Å². The van der Waals surface area contributed by atoms with Crippen molar-refractivity contribution < 1.29 is 31.1 Å². The van der Waals surface area contributed by atoms with Crippen molar-refractivity contribution in [2.75, 3.05) is 19.8 Å². The monoisotopic (exact) mass is 504 g/mol. The van der Waals surface area contributed by atoms with Crippen molar-refractivity contribution in [3.8, 4) is 11.6 Å². The van der Waals surface area contributed by atoms with Crippen LogP contribution in [-0.4, -0.2) is 67.1 Å². The molecule has 33 heavy (non-hydrogen) atoms. The van der Waals surface area contributed by atoms with E-state index in [0.29, 0.717) is 5.69 Å². The highest BCUT2D eigenvalue weighted by molar-refractivity contribution is 7.88. The van der Waals surface area contributed by atoms with Gasteiger partial charge in [-0.25, -0.2) is 36.1 Å². The molecule has 0 saturated carbocycles. The molecule has 2 aliphatic rings. The van der Waals surface area contributed by atoms with Gasteiger partial charge in [-0.05, 0) is 30.2 Å². The average molecular weight is 505 g/mol. The number of rotatable bonds is 2. The van der Waals surface area contributed by atoms with E-state index in [-0.39, 0.29) is 35.2 Å². The average Bonchev–Trinajstić information content (AvgIpc) is 2.95. The van der Waals surface area contributed by atoms with Gasteiger partial charge in [0.05, 0.1) is 31.1 Å². The van der Waals surface area contributed by atoms with Crippen LogP contribution in [0, 0.1) is 5.82 Å². The Balaban J connectivity index is 1.85. The summed E-state index contributed by atoms with van der Waals surface area (Å²) in [5.74, 6) is -4.75. The Morgan fingerprint density at radius 2 is 2.00 bits per heavy atom. The zero-order valence-electron chi connectivity index (χ0n) is 17.6. The summed E-state index contributed by atoms with van der Waals surface area (Å²) < 4.78 is 76.3. The Kier molecular flexibility index (Phi) is 5.95. The molecule has 1 fully saturated rings. The van der Waals surface area contributed by atoms with Crippen molar-refractivity contribution in [2.45, 2.75) is 31.0 Å². The Labute approximate surface area is 193 Å². The smallest absolute Gasteiger partial charge is 0.320 e. The van der Waals surface area contributed by atoms with Gasteiger partial charge in [0.25, 0.3) is 5.92 Å². The molecule has 13 heteroatoms. The molecule has 3 heterocycles. The molecule has 4 bridgehead atoms. The topological polar surface area (TPSA) is 91.8 Å². The first kappa shape index (κ1) is 23.6. The molecule has 4 rings (SSSR count). The molecule has 2 aliphatic heterocycles. The summed E-state index contributed by atoms with van der Waals surface area (Å²) in [5, 5.41) is 0.116. The Bertz CT molecular complexity index is 1210. The molecule has 0 unspecified atom stereocenters. The van der Waals surface area contributed by atoms with Crippen molar-refractivity contribution in [3.05, 3.63) is 52.4 Å². The third kappa shape index (κ3) is 4.73. The van der Waals surface area contributed by atoms with E-state index < -0.39 is 46.4 Å². The first-order valence-corrected chi connectivity index (χ1v) is 12.1. The lowest BCUT2D eigenvalue weighted by Crippen LogP contribution is -2.53. The van der Waals surface area contributed by atoms with Crippen LogP contribution < -0.4 is 9.46 Å². The first-order valence-electron chi connectivity index (χ1n) is 9.83. The number of carbonyl (C=O) groups excluding carboxylic acids is 1. The molecule has 2 atom stereocenters. The molecule has 2 aromatic rings. The predicted octanol–water partition coefficient (Wildman–Crippen LogP) is 3.01. The minimum absolute atomic E-state index is 0.0394. The second-order valence-corrected chi connectivity index (χ2v) is 10.3. The van der Waals surface area contributed by atoms with Gasteiger partial charge in [-0.15, -0.1) is 0 Å². The van der Waals surface area contributed by atoms with Crippen molar-refractivity contribution >= 4 is 27.7 Å². The van der Waals surface area contributed by atoms with Crippen LogP contribution in [0.25, 0.3) is 0 Å². The lowest BCUT2D eigenvalue weighted by atomic mass is 9.98. The summed E-state index contributed by atoms with van der Waals surface area (Å²) >= 11 is 6.13. The van der Waals surface area contributed by atoms with E-state index in [2.05, 4.69) is 4.98 Å². The van der Waals surface area contributed by atoms with E-state index in [1.54, 1.807) is 0 Å². The molecule has 0 aliphatic carbocycles. The Morgan fingerprint density at radius 1 is 1.27 bits per heavy atom. The third-order valence-corrected chi connectivity index (χ3v) is 6.45. The fourth-order valence-corrected chi connectivity index (χ4v) is 4.95. The van der Waals surface area contributed by atoms with Gasteiger partial charge in [0.2, 0.25) is 15.9 Å². The van der Waals surface area contributed by atoms with Gasteiger partial charge >= 0.3 is 6.03 Å². The van der Waals surface area contributed by atoms with Crippen molar-refractivity contribution in [3.63, 3.8) is 0 Å². The van der Waals surface area contributed by atoms with Crippen LogP contribution >= 0.6 is 11.6 Å². The minimum atomic E-state index is -4.06. The van der Waals surface area contributed by atoms with Gasteiger partial charge in [-0.1, -0.05) is 23.7 Å². The highest BCUT2D eigenvalue weighted by atomic mass is 35.5. The van der Waals surface area contributed by atoms with Gasteiger partial charge in [0.15, 0.2) is 11.6 Å². The zero-order valence-corrected chi connectivity index (χ0v) is 19.1. The van der Waals surface area contributed by atoms with Crippen LogP contribution in [0.3, 0.4) is 0 Å². The summed E-state index contributed by atoms with van der Waals surface area (Å²) in [6, 6.07) is 3.03. The van der Waals surface area contributed by atoms with Crippen LogP contribution in [0.1, 0.15) is 11.3 Å². The summed E-state index contributed by atoms with van der Waals surface area (Å²) in [6.45, 7) is -1.11. The number of aromatic nitrogens is 1. The maximum absolute atomic E-state index is 15.3. The number of hydrogen-bond donors (Lipinski definition) is 1. The van der Waals surface area contributed by atoms with Crippen LogP contribution in [0.2, 0.25) is 5.02 Å². The van der Waals surface area contributed by atoms with E-state index in [1.165, 1.54) is 37.4 Å². The number of carbonyl (C=O) groups is 1. The second-order valence-electron chi connectivity index (χ2n) is 8.09. The molecule has 1 saturated heterocycles. The molecule has 0 radical (unpaired) electrons. The zero-order chi connectivity index (χ0) is 24.1. The quantitative estimate of drug-likeness (QED) is 0.679. The summed E-state index contributed by atoms with van der Waals surface area (Å²) in [7, 11) is -2.67. The van der Waals surface area contributed by atoms with E-state index >= 15 is 4.39 Å². The molecule has 178 valence electrons. The molecule has 1 N–H and O–H groups in total. The van der Waals surface area contributed by atoms with Gasteiger partial charge in [0.1, 0.15) is 11.1 Å². The first-order chi connectivity index (χ1) is 15.4. The number of ether oxygens (including phenoxy) is 1. The number of nitrogens with zero attached hydrogens (tertiary/aromatic N) is 3. The SMILES string of the molecule is CN1Cc2ccc(Cl)c(n2)Oc2cccc(c2F)C[C@H]2[C@@H](NS(C)(=O)=O)C(F)(F)CN2C1=O. The van der Waals surface area contributed by atoms with Gasteiger partial charge in [0, 0.05) is 7.05 Å². The lowest BCUT2D eigenvalue weighted by molar-refractivity contribution is -0.00509. The third-order valence-electron chi connectivity index (χ3n) is 5.48. The number of nitrogens with one attached hydrogen (secondary N) is 1. The molecular formula is C20H20ClF3N4O4S. The molecule has 2 amide bonds. The van der Waals surface area contributed by atoms with E-state index in [9.17, 15) is 22.0 Å². The maximum atomic E-state index is 15.3. The number of fused-ring (bicyclic) bond motifs is 5. The standard InChI is InChI=1S/C20H20ClF3N4O4S/c1-27-9-12-6-7-13(21)18(25-12)32-15-5-3-4-11(16(15)22)8-14-17(26-33(2,30)31)20(23,24)10-28(14)19(27)29/h3-7,14,17,26H,8-10H2,1-2H3/t14-,17+/m0/s1. The summed E-state index contributed by atoms with van der Waals surface area (Å²) in [6.07, 6.45) is 0.362.